The van der Waals surface area contributed by atoms with Crippen LogP contribution < -0.4 is 0 Å². The van der Waals surface area contributed by atoms with Crippen molar-refractivity contribution in [3.05, 3.63) is 65.5 Å². The van der Waals surface area contributed by atoms with E-state index in [0.717, 1.165) is 48.5 Å². The average Bonchev–Trinajstić information content (AvgIpc) is 3.53. The van der Waals surface area contributed by atoms with Crippen molar-refractivity contribution in [2.75, 3.05) is 12.4 Å². The van der Waals surface area contributed by atoms with Crippen molar-refractivity contribution in [2.45, 2.75) is 49.1 Å². The standard InChI is InChI=1S/C23H23F3N4OS/c1-21(14-31)13-18-28-29-20(30(18)11-12-32-21)22(8-9-22)16-6-4-15(5-7-16)17-3-2-10-27-19(17)23(24,25)26/h2-7,10,31H,8-9,11-14H2,1H3. The van der Waals surface area contributed by atoms with E-state index < -0.39 is 11.9 Å². The van der Waals surface area contributed by atoms with Gasteiger partial charge in [0.15, 0.2) is 5.69 Å². The molecule has 2 aromatic heterocycles. The molecule has 9 heteroatoms. The predicted octanol–water partition coefficient (Wildman–Crippen LogP) is 4.48. The quantitative estimate of drug-likeness (QED) is 0.622. The number of hydrogen-bond donors (Lipinski definition) is 1. The van der Waals surface area contributed by atoms with E-state index >= 15 is 0 Å². The van der Waals surface area contributed by atoms with E-state index in [0.29, 0.717) is 12.0 Å². The third-order valence-electron chi connectivity index (χ3n) is 6.46. The number of halogens is 3. The molecule has 1 aliphatic carbocycles. The largest absolute Gasteiger partial charge is 0.433 e. The molecule has 5 rings (SSSR count). The maximum Gasteiger partial charge on any atom is 0.433 e. The monoisotopic (exact) mass is 460 g/mol. The molecule has 1 fully saturated rings. The van der Waals surface area contributed by atoms with Gasteiger partial charge in [-0.15, -0.1) is 10.2 Å². The van der Waals surface area contributed by atoms with Crippen molar-refractivity contribution >= 4 is 11.8 Å². The van der Waals surface area contributed by atoms with Gasteiger partial charge in [0.2, 0.25) is 0 Å². The maximum absolute atomic E-state index is 13.4. The highest BCUT2D eigenvalue weighted by molar-refractivity contribution is 8.00. The zero-order chi connectivity index (χ0) is 22.6. The molecule has 0 bridgehead atoms. The van der Waals surface area contributed by atoms with Crippen LogP contribution in [-0.4, -0.2) is 42.0 Å². The third kappa shape index (κ3) is 3.61. The summed E-state index contributed by atoms with van der Waals surface area (Å²) in [4.78, 5) is 3.56. The summed E-state index contributed by atoms with van der Waals surface area (Å²) in [7, 11) is 0. The van der Waals surface area contributed by atoms with Crippen molar-refractivity contribution < 1.29 is 18.3 Å². The lowest BCUT2D eigenvalue weighted by Gasteiger charge is -2.23. The molecule has 32 heavy (non-hydrogen) atoms. The van der Waals surface area contributed by atoms with Crippen LogP contribution in [0.5, 0.6) is 0 Å². The molecular formula is C23H23F3N4OS. The second-order valence-electron chi connectivity index (χ2n) is 8.78. The van der Waals surface area contributed by atoms with Crippen molar-refractivity contribution in [3.63, 3.8) is 0 Å². The summed E-state index contributed by atoms with van der Waals surface area (Å²) in [6.45, 7) is 2.91. The van der Waals surface area contributed by atoms with Crippen LogP contribution in [-0.2, 0) is 24.6 Å². The summed E-state index contributed by atoms with van der Waals surface area (Å²) in [5, 5.41) is 18.8. The number of alkyl halides is 3. The van der Waals surface area contributed by atoms with E-state index in [1.807, 2.05) is 19.1 Å². The zero-order valence-electron chi connectivity index (χ0n) is 17.6. The molecule has 168 valence electrons. The number of nitrogens with zero attached hydrogens (tertiary/aromatic N) is 4. The smallest absolute Gasteiger partial charge is 0.395 e. The first-order valence-corrected chi connectivity index (χ1v) is 11.5. The second kappa shape index (κ2) is 7.59. The molecule has 0 saturated heterocycles. The molecule has 1 unspecified atom stereocenters. The van der Waals surface area contributed by atoms with Gasteiger partial charge < -0.3 is 9.67 Å². The van der Waals surface area contributed by atoms with Gasteiger partial charge in [0, 0.05) is 35.2 Å². The fourth-order valence-corrected chi connectivity index (χ4v) is 5.61. The highest BCUT2D eigenvalue weighted by Gasteiger charge is 2.50. The number of fused-ring (bicyclic) bond motifs is 1. The second-order valence-corrected chi connectivity index (χ2v) is 10.5. The van der Waals surface area contributed by atoms with Crippen LogP contribution in [0.3, 0.4) is 0 Å². The van der Waals surface area contributed by atoms with Crippen molar-refractivity contribution in [1.82, 2.24) is 19.7 Å². The van der Waals surface area contributed by atoms with E-state index in [9.17, 15) is 18.3 Å². The highest BCUT2D eigenvalue weighted by atomic mass is 32.2. The Kier molecular flexibility index (Phi) is 5.09. The molecule has 1 aromatic carbocycles. The van der Waals surface area contributed by atoms with Gasteiger partial charge in [0.1, 0.15) is 11.6 Å². The van der Waals surface area contributed by atoms with E-state index in [1.165, 1.54) is 12.1 Å². The third-order valence-corrected chi connectivity index (χ3v) is 7.82. The minimum Gasteiger partial charge on any atom is -0.395 e. The number of thioether (sulfide) groups is 1. The van der Waals surface area contributed by atoms with Crippen LogP contribution in [0.4, 0.5) is 13.2 Å². The van der Waals surface area contributed by atoms with Gasteiger partial charge in [-0.2, -0.15) is 24.9 Å². The molecule has 1 saturated carbocycles. The van der Waals surface area contributed by atoms with Crippen LogP contribution in [0.25, 0.3) is 11.1 Å². The fourth-order valence-electron chi connectivity index (χ4n) is 4.52. The Morgan fingerprint density at radius 3 is 2.53 bits per heavy atom. The molecule has 0 amide bonds. The van der Waals surface area contributed by atoms with Crippen molar-refractivity contribution in [3.8, 4) is 11.1 Å². The summed E-state index contributed by atoms with van der Waals surface area (Å²) < 4.78 is 42.0. The van der Waals surface area contributed by atoms with E-state index in [4.69, 9.17) is 0 Å². The van der Waals surface area contributed by atoms with Gasteiger partial charge >= 0.3 is 6.18 Å². The summed E-state index contributed by atoms with van der Waals surface area (Å²) in [5.41, 5.74) is 0.473. The Hall–Kier alpha value is -2.39. The molecule has 3 aromatic rings. The van der Waals surface area contributed by atoms with Crippen LogP contribution in [0, 0.1) is 0 Å². The SMILES string of the molecule is CC1(CO)Cc2nnc(C3(c4ccc(-c5cccnc5C(F)(F)F)cc4)CC3)n2CCS1. The van der Waals surface area contributed by atoms with Gasteiger partial charge in [-0.25, -0.2) is 0 Å². The van der Waals surface area contributed by atoms with E-state index in [1.54, 1.807) is 23.9 Å². The predicted molar refractivity (Wildman–Crippen MR) is 116 cm³/mol. The van der Waals surface area contributed by atoms with E-state index in [2.05, 4.69) is 19.7 Å². The number of benzene rings is 1. The van der Waals surface area contributed by atoms with Gasteiger partial charge in [-0.05, 0) is 37.0 Å². The Balaban J connectivity index is 1.48. The van der Waals surface area contributed by atoms with Crippen LogP contribution >= 0.6 is 11.8 Å². The summed E-state index contributed by atoms with van der Waals surface area (Å²) in [5.74, 6) is 2.67. The lowest BCUT2D eigenvalue weighted by Crippen LogP contribution is -2.28. The number of aliphatic hydroxyl groups is 1. The normalized spacial score (nSPS) is 22.3. The van der Waals surface area contributed by atoms with Crippen molar-refractivity contribution in [2.24, 2.45) is 0 Å². The van der Waals surface area contributed by atoms with E-state index in [-0.39, 0.29) is 22.3 Å². The molecular weight excluding hydrogens is 437 g/mol. The summed E-state index contributed by atoms with van der Waals surface area (Å²) in [6.07, 6.45) is -0.841. The number of pyridine rings is 1. The molecule has 1 N–H and O–H groups in total. The van der Waals surface area contributed by atoms with Gasteiger partial charge in [-0.1, -0.05) is 30.3 Å². The first-order valence-electron chi connectivity index (χ1n) is 10.6. The molecule has 1 atom stereocenters. The fraction of sp³-hybridized carbons (Fsp3) is 0.435. The van der Waals surface area contributed by atoms with Crippen LogP contribution in [0.15, 0.2) is 42.6 Å². The van der Waals surface area contributed by atoms with Crippen molar-refractivity contribution in [1.29, 1.82) is 0 Å². The van der Waals surface area contributed by atoms with Gasteiger partial charge in [0.05, 0.1) is 12.0 Å². The molecule has 3 heterocycles. The average molecular weight is 461 g/mol. The lowest BCUT2D eigenvalue weighted by atomic mass is 9.92. The Morgan fingerprint density at radius 1 is 1.12 bits per heavy atom. The number of aliphatic hydroxyl groups excluding tert-OH is 1. The Bertz CT molecular complexity index is 1140. The molecule has 2 aliphatic rings. The Labute approximate surface area is 188 Å². The Morgan fingerprint density at radius 2 is 1.88 bits per heavy atom. The highest BCUT2D eigenvalue weighted by Crippen LogP contribution is 2.53. The number of aromatic nitrogens is 4. The zero-order valence-corrected chi connectivity index (χ0v) is 18.4. The first kappa shape index (κ1) is 21.5. The van der Waals surface area contributed by atoms with Gasteiger partial charge in [0.25, 0.3) is 0 Å². The first-order chi connectivity index (χ1) is 15.3. The summed E-state index contributed by atoms with van der Waals surface area (Å²) in [6, 6.07) is 10.2. The summed E-state index contributed by atoms with van der Waals surface area (Å²) >= 11 is 1.75. The topological polar surface area (TPSA) is 63.8 Å². The number of rotatable bonds is 4. The molecule has 0 spiro atoms. The minimum absolute atomic E-state index is 0.0769. The van der Waals surface area contributed by atoms with Gasteiger partial charge in [-0.3, -0.25) is 4.98 Å². The van der Waals surface area contributed by atoms with Crippen LogP contribution in [0.2, 0.25) is 0 Å². The minimum atomic E-state index is -4.51. The lowest BCUT2D eigenvalue weighted by molar-refractivity contribution is -0.140. The van der Waals surface area contributed by atoms with Crippen LogP contribution in [0.1, 0.15) is 42.7 Å². The maximum atomic E-state index is 13.4. The molecule has 5 nitrogen and oxygen atoms in total. The number of hydrogen-bond acceptors (Lipinski definition) is 5. The molecule has 1 aliphatic heterocycles. The molecule has 0 radical (unpaired) electrons.